The Morgan fingerprint density at radius 2 is 2.10 bits per heavy atom. The third kappa shape index (κ3) is 3.57. The summed E-state index contributed by atoms with van der Waals surface area (Å²) < 4.78 is 30.4. The second kappa shape index (κ2) is 7.55. The van der Waals surface area contributed by atoms with Crippen molar-refractivity contribution in [3.63, 3.8) is 0 Å². The van der Waals surface area contributed by atoms with Crippen LogP contribution in [0.25, 0.3) is 0 Å². The largest absolute Gasteiger partial charge is 0.337 e. The predicted molar refractivity (Wildman–Crippen MR) is 84.6 cm³/mol. The fourth-order valence-electron chi connectivity index (χ4n) is 2.58. The van der Waals surface area contributed by atoms with Gasteiger partial charge in [-0.25, -0.2) is 4.98 Å². The van der Waals surface area contributed by atoms with Crippen molar-refractivity contribution in [1.82, 2.24) is 23.5 Å². The van der Waals surface area contributed by atoms with Gasteiger partial charge >= 0.3 is 0 Å². The first-order chi connectivity index (χ1) is 9.52. The third-order valence-corrected chi connectivity index (χ3v) is 5.88. The van der Waals surface area contributed by atoms with Crippen LogP contribution in [-0.4, -0.2) is 59.3 Å². The number of hydrogen-bond acceptors (Lipinski definition) is 4. The van der Waals surface area contributed by atoms with Gasteiger partial charge in [0.25, 0.3) is 10.2 Å². The van der Waals surface area contributed by atoms with E-state index in [0.29, 0.717) is 32.7 Å². The first-order valence-corrected chi connectivity index (χ1v) is 8.36. The van der Waals surface area contributed by atoms with E-state index in [9.17, 15) is 8.42 Å². The molecule has 2 heterocycles. The van der Waals surface area contributed by atoms with Crippen molar-refractivity contribution in [2.24, 2.45) is 7.05 Å². The van der Waals surface area contributed by atoms with Gasteiger partial charge in [-0.15, -0.1) is 12.4 Å². The molecule has 2 rings (SSSR count). The highest BCUT2D eigenvalue weighted by atomic mass is 35.5. The second-order valence-corrected chi connectivity index (χ2v) is 6.70. The van der Waals surface area contributed by atoms with Crippen molar-refractivity contribution >= 4 is 22.6 Å². The minimum atomic E-state index is -3.44. The monoisotopic (exact) mass is 337 g/mol. The van der Waals surface area contributed by atoms with Crippen molar-refractivity contribution < 1.29 is 8.42 Å². The van der Waals surface area contributed by atoms with E-state index in [4.69, 9.17) is 0 Å². The molecule has 1 atom stereocenters. The second-order valence-electron chi connectivity index (χ2n) is 4.82. The predicted octanol–water partition coefficient (Wildman–Crippen LogP) is 0.375. The molecule has 0 saturated carbocycles. The number of rotatable bonds is 5. The normalized spacial score (nSPS) is 20.5. The highest BCUT2D eigenvalue weighted by Crippen LogP contribution is 2.25. The van der Waals surface area contributed by atoms with Crippen LogP contribution < -0.4 is 5.32 Å². The fraction of sp³-hybridized carbons (Fsp3) is 0.750. The summed E-state index contributed by atoms with van der Waals surface area (Å²) in [6, 6.07) is -0.255. The molecular formula is C12H24ClN5O2S. The Hall–Kier alpha value is -0.670. The first kappa shape index (κ1) is 18.4. The fourth-order valence-corrected chi connectivity index (χ4v) is 4.34. The molecule has 1 unspecified atom stereocenters. The van der Waals surface area contributed by atoms with Gasteiger partial charge in [-0.05, 0) is 0 Å². The molecule has 1 aliphatic heterocycles. The maximum atomic E-state index is 12.8. The molecule has 0 aliphatic carbocycles. The first-order valence-electron chi connectivity index (χ1n) is 6.97. The molecule has 7 nitrogen and oxygen atoms in total. The summed E-state index contributed by atoms with van der Waals surface area (Å²) in [5.41, 5.74) is 0. The lowest BCUT2D eigenvalue weighted by atomic mass is 10.2. The van der Waals surface area contributed by atoms with E-state index in [-0.39, 0.29) is 18.4 Å². The molecule has 0 bridgehead atoms. The average molecular weight is 338 g/mol. The van der Waals surface area contributed by atoms with Gasteiger partial charge in [-0.3, -0.25) is 0 Å². The van der Waals surface area contributed by atoms with Crippen LogP contribution in [0.5, 0.6) is 0 Å². The number of imidazole rings is 1. The number of halogens is 1. The van der Waals surface area contributed by atoms with Crippen LogP contribution in [0.15, 0.2) is 12.4 Å². The number of nitrogens with zero attached hydrogens (tertiary/aromatic N) is 4. The Labute approximate surface area is 132 Å². The van der Waals surface area contributed by atoms with Crippen molar-refractivity contribution in [3.05, 3.63) is 18.2 Å². The van der Waals surface area contributed by atoms with E-state index >= 15 is 0 Å². The van der Waals surface area contributed by atoms with Gasteiger partial charge in [0.05, 0.1) is 6.04 Å². The molecule has 21 heavy (non-hydrogen) atoms. The molecule has 1 fully saturated rings. The minimum absolute atomic E-state index is 0. The minimum Gasteiger partial charge on any atom is -0.337 e. The number of piperazine rings is 1. The lowest BCUT2D eigenvalue weighted by Crippen LogP contribution is -2.53. The van der Waals surface area contributed by atoms with Crippen LogP contribution >= 0.6 is 12.4 Å². The third-order valence-electron chi connectivity index (χ3n) is 3.68. The standard InChI is InChI=1S/C12H23N5O2S.ClH/c1-4-16(5-2)20(18,19)17-9-6-13-10-11(17)12-14-7-8-15(12)3;/h7-8,11,13H,4-6,9-10H2,1-3H3;1H. The van der Waals surface area contributed by atoms with Crippen molar-refractivity contribution in [2.45, 2.75) is 19.9 Å². The number of aryl methyl sites for hydroxylation is 1. The molecule has 122 valence electrons. The average Bonchev–Trinajstić information content (AvgIpc) is 2.86. The summed E-state index contributed by atoms with van der Waals surface area (Å²) in [6.45, 7) is 6.41. The van der Waals surface area contributed by atoms with Crippen molar-refractivity contribution in [2.75, 3.05) is 32.7 Å². The van der Waals surface area contributed by atoms with Crippen molar-refractivity contribution in [1.29, 1.82) is 0 Å². The number of nitrogens with one attached hydrogen (secondary N) is 1. The van der Waals surface area contributed by atoms with Gasteiger partial charge in [0, 0.05) is 52.2 Å². The Morgan fingerprint density at radius 1 is 1.43 bits per heavy atom. The zero-order valence-electron chi connectivity index (χ0n) is 12.7. The Morgan fingerprint density at radius 3 is 2.62 bits per heavy atom. The molecule has 0 spiro atoms. The smallest absolute Gasteiger partial charge is 0.282 e. The van der Waals surface area contributed by atoms with Crippen LogP contribution in [0.2, 0.25) is 0 Å². The molecule has 0 aromatic carbocycles. The molecular weight excluding hydrogens is 314 g/mol. The van der Waals surface area contributed by atoms with Gasteiger partial charge < -0.3 is 9.88 Å². The van der Waals surface area contributed by atoms with E-state index in [1.807, 2.05) is 31.7 Å². The van der Waals surface area contributed by atoms with Gasteiger partial charge in [-0.2, -0.15) is 17.0 Å². The molecule has 1 aromatic rings. The molecule has 9 heteroatoms. The van der Waals surface area contributed by atoms with Gasteiger partial charge in [0.1, 0.15) is 5.82 Å². The van der Waals surface area contributed by atoms with E-state index in [0.717, 1.165) is 5.82 Å². The zero-order valence-corrected chi connectivity index (χ0v) is 14.3. The SMILES string of the molecule is CCN(CC)S(=O)(=O)N1CCNCC1c1nccn1C.Cl. The lowest BCUT2D eigenvalue weighted by Gasteiger charge is -2.37. The quantitative estimate of drug-likeness (QED) is 0.843. The van der Waals surface area contributed by atoms with Crippen LogP contribution in [0.3, 0.4) is 0 Å². The van der Waals surface area contributed by atoms with E-state index in [2.05, 4.69) is 10.3 Å². The molecule has 0 radical (unpaired) electrons. The van der Waals surface area contributed by atoms with E-state index < -0.39 is 10.2 Å². The summed E-state index contributed by atoms with van der Waals surface area (Å²) in [4.78, 5) is 4.31. The van der Waals surface area contributed by atoms with Crippen molar-refractivity contribution in [3.8, 4) is 0 Å². The van der Waals surface area contributed by atoms with Gasteiger partial charge in [0.2, 0.25) is 0 Å². The van der Waals surface area contributed by atoms with Gasteiger partial charge in [-0.1, -0.05) is 13.8 Å². The topological polar surface area (TPSA) is 70.5 Å². The van der Waals surface area contributed by atoms with Crippen LogP contribution in [0.4, 0.5) is 0 Å². The summed E-state index contributed by atoms with van der Waals surface area (Å²) in [7, 11) is -1.55. The molecule has 0 amide bonds. The summed E-state index contributed by atoms with van der Waals surface area (Å²) in [5, 5.41) is 3.25. The number of aromatic nitrogens is 2. The zero-order chi connectivity index (χ0) is 14.8. The summed E-state index contributed by atoms with van der Waals surface area (Å²) >= 11 is 0. The Balaban J connectivity index is 0.00000220. The lowest BCUT2D eigenvalue weighted by molar-refractivity contribution is 0.238. The summed E-state index contributed by atoms with van der Waals surface area (Å²) in [5.74, 6) is 0.771. The van der Waals surface area contributed by atoms with E-state index in [1.165, 1.54) is 4.31 Å². The maximum absolute atomic E-state index is 12.8. The molecule has 1 N–H and O–H groups in total. The Bertz CT molecular complexity index is 544. The van der Waals surface area contributed by atoms with Gasteiger partial charge in [0.15, 0.2) is 0 Å². The molecule has 1 aliphatic rings. The maximum Gasteiger partial charge on any atom is 0.282 e. The van der Waals surface area contributed by atoms with E-state index in [1.54, 1.807) is 10.5 Å². The van der Waals surface area contributed by atoms with Crippen LogP contribution in [0.1, 0.15) is 25.7 Å². The molecule has 1 saturated heterocycles. The highest BCUT2D eigenvalue weighted by Gasteiger charge is 2.37. The Kier molecular flexibility index (Phi) is 6.61. The number of hydrogen-bond donors (Lipinski definition) is 1. The summed E-state index contributed by atoms with van der Waals surface area (Å²) in [6.07, 6.45) is 3.54. The van der Waals surface area contributed by atoms with Crippen LogP contribution in [0, 0.1) is 0 Å². The van der Waals surface area contributed by atoms with Crippen LogP contribution in [-0.2, 0) is 17.3 Å². The highest BCUT2D eigenvalue weighted by molar-refractivity contribution is 7.86. The molecule has 1 aromatic heterocycles.